The summed E-state index contributed by atoms with van der Waals surface area (Å²) >= 11 is 4.18. The van der Waals surface area contributed by atoms with Crippen LogP contribution in [0.15, 0.2) is 0 Å². The van der Waals surface area contributed by atoms with Crippen molar-refractivity contribution in [2.45, 2.75) is 24.8 Å². The van der Waals surface area contributed by atoms with E-state index in [1.54, 1.807) is 0 Å². The fraction of sp³-hybridized carbons (Fsp3) is 1.00. The minimum Gasteiger partial charge on any atom is -0.239 e. The van der Waals surface area contributed by atoms with E-state index in [-0.39, 0.29) is 0 Å². The normalized spacial score (nSPS) is 28.8. The Labute approximate surface area is 57.7 Å². The molecule has 0 bridgehead atoms. The third-order valence-electron chi connectivity index (χ3n) is 0.414. The van der Waals surface area contributed by atoms with Crippen LogP contribution in [-0.2, 0) is 0 Å². The summed E-state index contributed by atoms with van der Waals surface area (Å²) in [7, 11) is 0. The molecule has 1 atom stereocenters. The van der Waals surface area contributed by atoms with Gasteiger partial charge in [-0.2, -0.15) is 8.78 Å². The van der Waals surface area contributed by atoms with Crippen LogP contribution in [0, 0.1) is 0 Å². The van der Waals surface area contributed by atoms with E-state index in [0.717, 1.165) is 0 Å². The predicted molar refractivity (Wildman–Crippen MR) is 26.0 cm³/mol. The van der Waals surface area contributed by atoms with Crippen LogP contribution in [0.4, 0.5) is 13.2 Å². The van der Waals surface area contributed by atoms with Crippen LogP contribution >= 0.6 is 11.6 Å². The summed E-state index contributed by atoms with van der Waals surface area (Å²) in [5.41, 5.74) is 0. The molecule has 0 saturated carbocycles. The third kappa shape index (κ3) is 2.40. The van der Waals surface area contributed by atoms with Crippen molar-refractivity contribution in [3.8, 4) is 0 Å². The van der Waals surface area contributed by atoms with Crippen LogP contribution in [0.5, 0.6) is 0 Å². The third-order valence-corrected chi connectivity index (χ3v) is 0.606. The molecule has 0 saturated heterocycles. The first kappa shape index (κ1) is 2.78. The average Bonchev–Trinajstić information content (AvgIpc) is 1.81. The molecule has 0 fully saturated rings. The number of hydrogen-bond acceptors (Lipinski definition) is 0. The summed E-state index contributed by atoms with van der Waals surface area (Å²) in [6.45, 7) is -3.48. The van der Waals surface area contributed by atoms with Crippen molar-refractivity contribution < 1.29 is 20.0 Å². The van der Waals surface area contributed by atoms with Crippen molar-refractivity contribution in [1.82, 2.24) is 0 Å². The van der Waals surface area contributed by atoms with E-state index in [9.17, 15) is 13.2 Å². The van der Waals surface area contributed by atoms with Gasteiger partial charge in [0.2, 0.25) is 0 Å². The Bertz CT molecular complexity index is 185. The summed E-state index contributed by atoms with van der Waals surface area (Å²) in [5.74, 6) is 0. The van der Waals surface area contributed by atoms with Crippen LogP contribution in [-0.4, -0.2) is 11.6 Å². The Morgan fingerprint density at radius 2 is 2.50 bits per heavy atom. The molecule has 0 nitrogen and oxygen atoms in total. The Balaban J connectivity index is 4.86. The molecular weight excluding hydrogens is 140 g/mol. The van der Waals surface area contributed by atoms with Gasteiger partial charge in [0, 0.05) is 6.85 Å². The molecule has 0 aromatic rings. The maximum absolute atomic E-state index is 12.6. The summed E-state index contributed by atoms with van der Waals surface area (Å²) in [5, 5.41) is -4.53. The lowest BCUT2D eigenvalue weighted by molar-refractivity contribution is 0.00525. The van der Waals surface area contributed by atoms with Crippen molar-refractivity contribution in [2.75, 3.05) is 0 Å². The highest BCUT2D eigenvalue weighted by atomic mass is 35.5. The quantitative estimate of drug-likeness (QED) is 0.532. The summed E-state index contributed by atoms with van der Waals surface area (Å²) in [6.07, 6.45) is -7.24. The molecule has 0 aliphatic rings. The SMILES string of the molecule is [2H]C([2H])([2H])C([2H])([2H])C(F)C(F)(F)Cl. The lowest BCUT2D eigenvalue weighted by Crippen LogP contribution is -2.21. The largest absolute Gasteiger partial charge is 0.352 e. The number of halogens is 4. The highest BCUT2D eigenvalue weighted by Crippen LogP contribution is 2.27. The number of hydrogen-bond donors (Lipinski definition) is 0. The van der Waals surface area contributed by atoms with Crippen LogP contribution in [0.25, 0.3) is 0 Å². The van der Waals surface area contributed by atoms with Crippen molar-refractivity contribution in [1.29, 1.82) is 0 Å². The first-order valence-electron chi connectivity index (χ1n) is 4.11. The van der Waals surface area contributed by atoms with Crippen molar-refractivity contribution >= 4 is 11.6 Å². The van der Waals surface area contributed by atoms with Crippen LogP contribution < -0.4 is 0 Å². The van der Waals surface area contributed by atoms with Gasteiger partial charge in [-0.25, -0.2) is 4.39 Å². The lowest BCUT2D eigenvalue weighted by atomic mass is 10.3. The molecule has 0 aliphatic heterocycles. The second kappa shape index (κ2) is 2.58. The van der Waals surface area contributed by atoms with E-state index >= 15 is 0 Å². The van der Waals surface area contributed by atoms with Crippen LogP contribution in [0.1, 0.15) is 20.1 Å². The molecular formula is C4H6ClF3. The van der Waals surface area contributed by atoms with Gasteiger partial charge in [0.25, 0.3) is 0 Å². The summed E-state index contributed by atoms with van der Waals surface area (Å²) in [4.78, 5) is 0. The van der Waals surface area contributed by atoms with Crippen molar-refractivity contribution in [2.24, 2.45) is 0 Å². The van der Waals surface area contributed by atoms with Gasteiger partial charge in [-0.3, -0.25) is 0 Å². The fourth-order valence-corrected chi connectivity index (χ4v) is 0.136. The molecule has 0 N–H and O–H groups in total. The summed E-state index contributed by atoms with van der Waals surface area (Å²) < 4.78 is 69.3. The van der Waals surface area contributed by atoms with Gasteiger partial charge >= 0.3 is 5.38 Å². The molecule has 0 aliphatic carbocycles. The molecule has 0 heterocycles. The monoisotopic (exact) mass is 151 g/mol. The molecule has 0 spiro atoms. The zero-order valence-electron chi connectivity index (χ0n) is 8.59. The van der Waals surface area contributed by atoms with Gasteiger partial charge in [0.05, 0.1) is 0 Å². The van der Waals surface area contributed by atoms with Gasteiger partial charge in [-0.1, -0.05) is 6.85 Å². The molecule has 4 heteroatoms. The Morgan fingerprint density at radius 1 is 2.00 bits per heavy atom. The van der Waals surface area contributed by atoms with E-state index in [1.807, 2.05) is 0 Å². The Hall–Kier alpha value is 0.0800. The molecule has 0 aromatic carbocycles. The number of rotatable bonds is 2. The van der Waals surface area contributed by atoms with Gasteiger partial charge in [-0.05, 0) is 18.0 Å². The standard InChI is InChI=1S/C4H6ClF3/c1-2-3(6)4(5,7)8/h3H,2H2,1H3/i1D3,2D2. The molecule has 8 heavy (non-hydrogen) atoms. The van der Waals surface area contributed by atoms with Crippen molar-refractivity contribution in [3.63, 3.8) is 0 Å². The van der Waals surface area contributed by atoms with Crippen LogP contribution in [0.3, 0.4) is 0 Å². The van der Waals surface area contributed by atoms with Crippen molar-refractivity contribution in [3.05, 3.63) is 0 Å². The molecule has 1 unspecified atom stereocenters. The summed E-state index contributed by atoms with van der Waals surface area (Å²) in [6, 6.07) is 0. The Kier molecular flexibility index (Phi) is 0.894. The maximum Gasteiger partial charge on any atom is 0.352 e. The van der Waals surface area contributed by atoms with Gasteiger partial charge in [-0.15, -0.1) is 0 Å². The molecule has 0 aromatic heterocycles. The minimum atomic E-state index is -4.53. The Morgan fingerprint density at radius 3 is 2.62 bits per heavy atom. The maximum atomic E-state index is 12.6. The molecule has 0 amide bonds. The molecule has 0 radical (unpaired) electrons. The van der Waals surface area contributed by atoms with Crippen LogP contribution in [0.2, 0.25) is 0 Å². The van der Waals surface area contributed by atoms with E-state index < -0.39 is 24.8 Å². The topological polar surface area (TPSA) is 0 Å². The van der Waals surface area contributed by atoms with E-state index in [0.29, 0.717) is 0 Å². The van der Waals surface area contributed by atoms with Gasteiger partial charge < -0.3 is 0 Å². The number of alkyl halides is 4. The zero-order valence-corrected chi connectivity index (χ0v) is 4.35. The van der Waals surface area contributed by atoms with Gasteiger partial charge in [0.15, 0.2) is 6.17 Å². The van der Waals surface area contributed by atoms with E-state index in [2.05, 4.69) is 11.6 Å². The lowest BCUT2D eigenvalue weighted by Gasteiger charge is -2.09. The molecule has 0 rings (SSSR count). The fourth-order valence-electron chi connectivity index (χ4n) is 0.0818. The second-order valence-electron chi connectivity index (χ2n) is 1.05. The first-order chi connectivity index (χ1) is 5.40. The predicted octanol–water partition coefficient (Wildman–Crippen LogP) is 2.57. The smallest absolute Gasteiger partial charge is 0.239 e. The first-order valence-corrected chi connectivity index (χ1v) is 1.99. The van der Waals surface area contributed by atoms with Gasteiger partial charge in [0.1, 0.15) is 0 Å². The van der Waals surface area contributed by atoms with E-state index in [1.165, 1.54) is 0 Å². The minimum absolute atomic E-state index is 3.48. The highest BCUT2D eigenvalue weighted by molar-refractivity contribution is 6.22. The zero-order chi connectivity index (χ0) is 11.1. The van der Waals surface area contributed by atoms with E-state index in [4.69, 9.17) is 6.85 Å². The molecule has 50 valence electrons. The second-order valence-corrected chi connectivity index (χ2v) is 1.55. The average molecular weight is 152 g/mol. The highest BCUT2D eigenvalue weighted by Gasteiger charge is 2.35.